The summed E-state index contributed by atoms with van der Waals surface area (Å²) >= 11 is 0. The van der Waals surface area contributed by atoms with Gasteiger partial charge in [-0.15, -0.1) is 0 Å². The van der Waals surface area contributed by atoms with E-state index in [0.29, 0.717) is 5.75 Å². The zero-order valence-corrected chi connectivity index (χ0v) is 7.56. The maximum Gasteiger partial charge on any atom is 0.339 e. The van der Waals surface area contributed by atoms with Crippen LogP contribution in [0.5, 0.6) is 5.75 Å². The quantitative estimate of drug-likeness (QED) is 0.743. The number of carboxylic acid groups (broad SMARTS) is 1. The van der Waals surface area contributed by atoms with Gasteiger partial charge in [-0.3, -0.25) is 0 Å². The highest BCUT2D eigenvalue weighted by molar-refractivity contribution is 5.90. The molecule has 1 aromatic rings. The Bertz CT molecular complexity index is 347. The highest BCUT2D eigenvalue weighted by Crippen LogP contribution is 2.19. The number of aromatic carboxylic acids is 1. The summed E-state index contributed by atoms with van der Waals surface area (Å²) in [6, 6.07) is 6.69. The predicted molar refractivity (Wildman–Crippen MR) is 50.7 cm³/mol. The molecule has 1 aliphatic heterocycles. The first-order valence-corrected chi connectivity index (χ1v) is 4.47. The number of hydrogen-bond acceptors (Lipinski definition) is 3. The van der Waals surface area contributed by atoms with Crippen LogP contribution in [0.1, 0.15) is 10.4 Å². The van der Waals surface area contributed by atoms with Crippen LogP contribution >= 0.6 is 0 Å². The normalized spacial score (nSPS) is 16.0. The molecule has 0 spiro atoms. The van der Waals surface area contributed by atoms with Crippen LogP contribution in [0.25, 0.3) is 0 Å². The summed E-state index contributed by atoms with van der Waals surface area (Å²) in [7, 11) is 0. The third-order valence-corrected chi connectivity index (χ3v) is 2.16. The van der Waals surface area contributed by atoms with Gasteiger partial charge in [-0.05, 0) is 12.1 Å². The van der Waals surface area contributed by atoms with E-state index < -0.39 is 5.97 Å². The highest BCUT2D eigenvalue weighted by Gasteiger charge is 2.20. The van der Waals surface area contributed by atoms with Crippen LogP contribution in [0, 0.1) is 0 Å². The van der Waals surface area contributed by atoms with Crippen LogP contribution in [0.4, 0.5) is 0 Å². The summed E-state index contributed by atoms with van der Waals surface area (Å²) < 4.78 is 5.50. The van der Waals surface area contributed by atoms with E-state index >= 15 is 0 Å². The number of hydrogen-bond donors (Lipinski definition) is 2. The van der Waals surface area contributed by atoms with Crippen molar-refractivity contribution in [3.63, 3.8) is 0 Å². The summed E-state index contributed by atoms with van der Waals surface area (Å²) in [6.45, 7) is 1.57. The molecule has 0 amide bonds. The second kappa shape index (κ2) is 3.67. The average Bonchev–Trinajstić information content (AvgIpc) is 2.12. The van der Waals surface area contributed by atoms with Crippen molar-refractivity contribution < 1.29 is 14.6 Å². The minimum atomic E-state index is -0.951. The van der Waals surface area contributed by atoms with Gasteiger partial charge in [-0.25, -0.2) is 4.79 Å². The number of ether oxygens (including phenoxy) is 1. The van der Waals surface area contributed by atoms with Gasteiger partial charge in [-0.2, -0.15) is 0 Å². The van der Waals surface area contributed by atoms with Gasteiger partial charge in [0.05, 0.1) is 0 Å². The van der Waals surface area contributed by atoms with Crippen LogP contribution in [-0.2, 0) is 0 Å². The van der Waals surface area contributed by atoms with Crippen LogP contribution in [0.3, 0.4) is 0 Å². The smallest absolute Gasteiger partial charge is 0.339 e. The van der Waals surface area contributed by atoms with Crippen LogP contribution in [0.15, 0.2) is 24.3 Å². The molecule has 0 radical (unpaired) electrons. The van der Waals surface area contributed by atoms with E-state index in [4.69, 9.17) is 9.84 Å². The van der Waals surface area contributed by atoms with Crippen LogP contribution in [-0.4, -0.2) is 30.3 Å². The van der Waals surface area contributed by atoms with Crippen molar-refractivity contribution in [2.24, 2.45) is 0 Å². The molecule has 2 rings (SSSR count). The predicted octanol–water partition coefficient (Wildman–Crippen LogP) is 0.735. The molecular formula is C10H11NO3. The molecule has 0 aromatic heterocycles. The summed E-state index contributed by atoms with van der Waals surface area (Å²) in [6.07, 6.45) is 0.107. The first kappa shape index (κ1) is 9.02. The van der Waals surface area contributed by atoms with Crippen molar-refractivity contribution in [1.82, 2.24) is 5.32 Å². The van der Waals surface area contributed by atoms with Crippen LogP contribution < -0.4 is 10.1 Å². The van der Waals surface area contributed by atoms with Gasteiger partial charge in [0.15, 0.2) is 0 Å². The molecule has 0 bridgehead atoms. The fourth-order valence-electron chi connectivity index (χ4n) is 1.27. The SMILES string of the molecule is O=C(O)c1ccccc1OC1CNC1. The molecule has 0 unspecified atom stereocenters. The van der Waals surface area contributed by atoms with Crippen LogP contribution in [0.2, 0.25) is 0 Å². The number of nitrogens with one attached hydrogen (secondary N) is 1. The minimum absolute atomic E-state index is 0.107. The maximum atomic E-state index is 10.8. The zero-order valence-electron chi connectivity index (χ0n) is 7.56. The molecule has 1 fully saturated rings. The fourth-order valence-corrected chi connectivity index (χ4v) is 1.27. The Morgan fingerprint density at radius 1 is 1.43 bits per heavy atom. The second-order valence-electron chi connectivity index (χ2n) is 3.20. The lowest BCUT2D eigenvalue weighted by Gasteiger charge is -2.28. The molecule has 1 aliphatic rings. The van der Waals surface area contributed by atoms with E-state index in [1.165, 1.54) is 0 Å². The van der Waals surface area contributed by atoms with Gasteiger partial charge in [0.1, 0.15) is 17.4 Å². The molecule has 2 N–H and O–H groups in total. The maximum absolute atomic E-state index is 10.8. The van der Waals surface area contributed by atoms with Crippen molar-refractivity contribution >= 4 is 5.97 Å². The molecule has 4 nitrogen and oxygen atoms in total. The Labute approximate surface area is 81.5 Å². The van der Waals surface area contributed by atoms with Gasteiger partial charge in [0.2, 0.25) is 0 Å². The molecular weight excluding hydrogens is 182 g/mol. The summed E-state index contributed by atoms with van der Waals surface area (Å²) in [4.78, 5) is 10.8. The average molecular weight is 193 g/mol. The van der Waals surface area contributed by atoms with Gasteiger partial charge < -0.3 is 15.2 Å². The summed E-state index contributed by atoms with van der Waals surface area (Å²) in [5.74, 6) is -0.501. The van der Waals surface area contributed by atoms with E-state index in [1.807, 2.05) is 0 Å². The third-order valence-electron chi connectivity index (χ3n) is 2.16. The number of benzene rings is 1. The topological polar surface area (TPSA) is 58.6 Å². The Morgan fingerprint density at radius 2 is 2.14 bits per heavy atom. The van der Waals surface area contributed by atoms with Crippen molar-refractivity contribution in [2.45, 2.75) is 6.10 Å². The van der Waals surface area contributed by atoms with Crippen molar-refractivity contribution in [3.05, 3.63) is 29.8 Å². The molecule has 14 heavy (non-hydrogen) atoms. The van der Waals surface area contributed by atoms with E-state index in [-0.39, 0.29) is 11.7 Å². The Hall–Kier alpha value is -1.55. The molecule has 0 atom stereocenters. The minimum Gasteiger partial charge on any atom is -0.487 e. The lowest BCUT2D eigenvalue weighted by Crippen LogP contribution is -2.50. The number of rotatable bonds is 3. The molecule has 0 aliphatic carbocycles. The Morgan fingerprint density at radius 3 is 2.71 bits per heavy atom. The largest absolute Gasteiger partial charge is 0.487 e. The third kappa shape index (κ3) is 1.70. The molecule has 1 aromatic carbocycles. The van der Waals surface area contributed by atoms with Gasteiger partial charge in [-0.1, -0.05) is 12.1 Å². The Kier molecular flexibility index (Phi) is 2.37. The second-order valence-corrected chi connectivity index (χ2v) is 3.20. The van der Waals surface area contributed by atoms with E-state index in [9.17, 15) is 4.79 Å². The van der Waals surface area contributed by atoms with Crippen molar-refractivity contribution in [3.8, 4) is 5.75 Å². The molecule has 4 heteroatoms. The Balaban J connectivity index is 2.17. The van der Waals surface area contributed by atoms with E-state index in [1.54, 1.807) is 24.3 Å². The van der Waals surface area contributed by atoms with Gasteiger partial charge in [0.25, 0.3) is 0 Å². The van der Waals surface area contributed by atoms with Crippen molar-refractivity contribution in [1.29, 1.82) is 0 Å². The van der Waals surface area contributed by atoms with E-state index in [2.05, 4.69) is 5.32 Å². The summed E-state index contributed by atoms with van der Waals surface area (Å²) in [5, 5.41) is 11.9. The van der Waals surface area contributed by atoms with Crippen molar-refractivity contribution in [2.75, 3.05) is 13.1 Å². The van der Waals surface area contributed by atoms with E-state index in [0.717, 1.165) is 13.1 Å². The first-order chi connectivity index (χ1) is 6.77. The molecule has 0 saturated carbocycles. The fraction of sp³-hybridized carbons (Fsp3) is 0.300. The first-order valence-electron chi connectivity index (χ1n) is 4.47. The number of carbonyl (C=O) groups is 1. The molecule has 74 valence electrons. The molecule has 1 saturated heterocycles. The lowest BCUT2D eigenvalue weighted by atomic mass is 10.2. The number of carboxylic acids is 1. The number of para-hydroxylation sites is 1. The lowest BCUT2D eigenvalue weighted by molar-refractivity contribution is 0.0684. The summed E-state index contributed by atoms with van der Waals surface area (Å²) in [5.41, 5.74) is 0.222. The monoisotopic (exact) mass is 193 g/mol. The molecule has 1 heterocycles. The van der Waals surface area contributed by atoms with Gasteiger partial charge in [0, 0.05) is 13.1 Å². The highest BCUT2D eigenvalue weighted by atomic mass is 16.5. The standard InChI is InChI=1S/C10H11NO3/c12-10(13)8-3-1-2-4-9(8)14-7-5-11-6-7/h1-4,7,11H,5-6H2,(H,12,13). The zero-order chi connectivity index (χ0) is 9.97. The van der Waals surface area contributed by atoms with Gasteiger partial charge >= 0.3 is 5.97 Å².